The minimum Gasteiger partial charge on any atom is -0.406 e. The number of likely N-dealkylation sites (tertiary alicyclic amines) is 1. The highest BCUT2D eigenvalue weighted by Gasteiger charge is 2.31. The summed E-state index contributed by atoms with van der Waals surface area (Å²) in [5.74, 6) is 0.280. The summed E-state index contributed by atoms with van der Waals surface area (Å²) >= 11 is 0. The van der Waals surface area contributed by atoms with Gasteiger partial charge in [0.25, 0.3) is 0 Å². The molecule has 1 aromatic carbocycles. The lowest BCUT2D eigenvalue weighted by atomic mass is 9.91. The van der Waals surface area contributed by atoms with Gasteiger partial charge in [-0.3, -0.25) is 0 Å². The Balaban J connectivity index is 1.95. The van der Waals surface area contributed by atoms with Gasteiger partial charge in [-0.1, -0.05) is 19.1 Å². The van der Waals surface area contributed by atoms with Crippen molar-refractivity contribution in [2.75, 3.05) is 19.6 Å². The Morgan fingerprint density at radius 3 is 2.29 bits per heavy atom. The molecule has 0 amide bonds. The highest BCUT2D eigenvalue weighted by molar-refractivity contribution is 5.31. The van der Waals surface area contributed by atoms with Crippen LogP contribution in [0.2, 0.25) is 0 Å². The molecule has 17 heavy (non-hydrogen) atoms. The van der Waals surface area contributed by atoms with Crippen molar-refractivity contribution in [1.29, 1.82) is 0 Å². The third-order valence-electron chi connectivity index (χ3n) is 2.99. The van der Waals surface area contributed by atoms with Crippen molar-refractivity contribution in [3.8, 4) is 5.75 Å². The lowest BCUT2D eigenvalue weighted by Crippen LogP contribution is -2.44. The number of rotatable bonds is 3. The van der Waals surface area contributed by atoms with Crippen LogP contribution in [-0.2, 0) is 0 Å². The number of nitrogens with zero attached hydrogens (tertiary/aromatic N) is 1. The predicted molar refractivity (Wildman–Crippen MR) is 58.0 cm³/mol. The SMILES string of the molecule is CCN1CC(c2ccc(OC(F)(F)F)cc2)C1. The van der Waals surface area contributed by atoms with E-state index in [1.165, 1.54) is 12.1 Å². The van der Waals surface area contributed by atoms with Crippen LogP contribution < -0.4 is 4.74 Å². The molecule has 2 rings (SSSR count). The fourth-order valence-corrected chi connectivity index (χ4v) is 1.98. The fraction of sp³-hybridized carbons (Fsp3) is 0.500. The summed E-state index contributed by atoms with van der Waals surface area (Å²) in [6, 6.07) is 6.16. The summed E-state index contributed by atoms with van der Waals surface area (Å²) in [7, 11) is 0. The quantitative estimate of drug-likeness (QED) is 0.811. The summed E-state index contributed by atoms with van der Waals surface area (Å²) < 4.78 is 39.7. The minimum atomic E-state index is -4.61. The fourth-order valence-electron chi connectivity index (χ4n) is 1.98. The zero-order valence-corrected chi connectivity index (χ0v) is 9.50. The average molecular weight is 245 g/mol. The van der Waals surface area contributed by atoms with Crippen molar-refractivity contribution >= 4 is 0 Å². The van der Waals surface area contributed by atoms with Gasteiger partial charge in [0.2, 0.25) is 0 Å². The van der Waals surface area contributed by atoms with E-state index in [0.29, 0.717) is 5.92 Å². The van der Waals surface area contributed by atoms with Gasteiger partial charge in [-0.15, -0.1) is 13.2 Å². The first-order valence-electron chi connectivity index (χ1n) is 5.56. The molecule has 1 fully saturated rings. The largest absolute Gasteiger partial charge is 0.573 e. The van der Waals surface area contributed by atoms with Crippen LogP contribution >= 0.6 is 0 Å². The number of hydrogen-bond acceptors (Lipinski definition) is 2. The second kappa shape index (κ2) is 4.56. The third kappa shape index (κ3) is 3.12. The van der Waals surface area contributed by atoms with Crippen molar-refractivity contribution in [2.45, 2.75) is 19.2 Å². The molecule has 1 aliphatic heterocycles. The first-order chi connectivity index (χ1) is 7.98. The number of alkyl halides is 3. The van der Waals surface area contributed by atoms with Crippen molar-refractivity contribution in [2.24, 2.45) is 0 Å². The molecular weight excluding hydrogens is 231 g/mol. The molecule has 0 unspecified atom stereocenters. The van der Waals surface area contributed by atoms with Crippen LogP contribution in [0.15, 0.2) is 24.3 Å². The number of hydrogen-bond donors (Lipinski definition) is 0. The summed E-state index contributed by atoms with van der Waals surface area (Å²) in [5.41, 5.74) is 1.07. The first-order valence-corrected chi connectivity index (χ1v) is 5.56. The molecule has 0 radical (unpaired) electrons. The monoisotopic (exact) mass is 245 g/mol. The van der Waals surface area contributed by atoms with E-state index in [-0.39, 0.29) is 5.75 Å². The normalized spacial score (nSPS) is 17.9. The van der Waals surface area contributed by atoms with Crippen molar-refractivity contribution < 1.29 is 17.9 Å². The van der Waals surface area contributed by atoms with Gasteiger partial charge in [-0.05, 0) is 24.2 Å². The van der Waals surface area contributed by atoms with Crippen molar-refractivity contribution in [1.82, 2.24) is 4.90 Å². The molecule has 5 heteroatoms. The van der Waals surface area contributed by atoms with Gasteiger partial charge < -0.3 is 9.64 Å². The Morgan fingerprint density at radius 1 is 1.24 bits per heavy atom. The maximum Gasteiger partial charge on any atom is 0.573 e. The van der Waals surface area contributed by atoms with Crippen LogP contribution in [0.25, 0.3) is 0 Å². The maximum atomic E-state index is 11.9. The van der Waals surface area contributed by atoms with Gasteiger partial charge in [0.1, 0.15) is 5.75 Å². The molecule has 0 bridgehead atoms. The van der Waals surface area contributed by atoms with Gasteiger partial charge in [-0.2, -0.15) is 0 Å². The van der Waals surface area contributed by atoms with Crippen LogP contribution in [0.1, 0.15) is 18.4 Å². The number of halogens is 3. The molecule has 0 atom stereocenters. The Hall–Kier alpha value is -1.23. The van der Waals surface area contributed by atoms with Crippen molar-refractivity contribution in [3.63, 3.8) is 0 Å². The van der Waals surface area contributed by atoms with E-state index in [9.17, 15) is 13.2 Å². The highest BCUT2D eigenvalue weighted by Crippen LogP contribution is 2.29. The average Bonchev–Trinajstić information content (AvgIpc) is 2.16. The van der Waals surface area contributed by atoms with E-state index in [0.717, 1.165) is 25.2 Å². The summed E-state index contributed by atoms with van der Waals surface area (Å²) in [5, 5.41) is 0. The lowest BCUT2D eigenvalue weighted by Gasteiger charge is -2.38. The van der Waals surface area contributed by atoms with E-state index < -0.39 is 6.36 Å². The maximum absolute atomic E-state index is 11.9. The van der Waals surface area contributed by atoms with Gasteiger partial charge in [0.05, 0.1) is 0 Å². The first kappa shape index (κ1) is 12.2. The zero-order valence-electron chi connectivity index (χ0n) is 9.50. The second-order valence-electron chi connectivity index (χ2n) is 4.17. The number of benzene rings is 1. The van der Waals surface area contributed by atoms with Crippen LogP contribution in [0.4, 0.5) is 13.2 Å². The third-order valence-corrected chi connectivity index (χ3v) is 2.99. The molecule has 0 aromatic heterocycles. The number of ether oxygens (including phenoxy) is 1. The molecular formula is C12H14F3NO. The Labute approximate surface area is 98.0 Å². The molecule has 1 aromatic rings. The molecule has 1 saturated heterocycles. The van der Waals surface area contributed by atoms with E-state index >= 15 is 0 Å². The van der Waals surface area contributed by atoms with Crippen LogP contribution in [0.3, 0.4) is 0 Å². The molecule has 1 aliphatic rings. The van der Waals surface area contributed by atoms with Gasteiger partial charge >= 0.3 is 6.36 Å². The second-order valence-corrected chi connectivity index (χ2v) is 4.17. The molecule has 2 nitrogen and oxygen atoms in total. The predicted octanol–water partition coefficient (Wildman–Crippen LogP) is 3.00. The molecule has 0 aliphatic carbocycles. The van der Waals surface area contributed by atoms with Crippen LogP contribution in [-0.4, -0.2) is 30.9 Å². The summed E-state index contributed by atoms with van der Waals surface area (Å²) in [4.78, 5) is 2.28. The molecule has 0 spiro atoms. The van der Waals surface area contributed by atoms with Gasteiger partial charge in [0, 0.05) is 19.0 Å². The van der Waals surface area contributed by atoms with Crippen LogP contribution in [0, 0.1) is 0 Å². The molecule has 1 heterocycles. The lowest BCUT2D eigenvalue weighted by molar-refractivity contribution is -0.274. The van der Waals surface area contributed by atoms with Crippen molar-refractivity contribution in [3.05, 3.63) is 29.8 Å². The number of likely N-dealkylation sites (N-methyl/N-ethyl adjacent to an activating group) is 1. The topological polar surface area (TPSA) is 12.5 Å². The van der Waals surface area contributed by atoms with E-state index in [1.807, 2.05) is 0 Å². The summed E-state index contributed by atoms with van der Waals surface area (Å²) in [6.45, 7) is 5.08. The van der Waals surface area contributed by atoms with Crippen LogP contribution in [0.5, 0.6) is 5.75 Å². The van der Waals surface area contributed by atoms with E-state index in [2.05, 4.69) is 16.6 Å². The standard InChI is InChI=1S/C12H14F3NO/c1-2-16-7-10(8-16)9-3-5-11(6-4-9)17-12(13,14)15/h3-6,10H,2,7-8H2,1H3. The zero-order chi connectivity index (χ0) is 12.5. The molecule has 0 N–H and O–H groups in total. The summed E-state index contributed by atoms with van der Waals surface area (Å²) in [6.07, 6.45) is -4.61. The molecule has 94 valence electrons. The van der Waals surface area contributed by atoms with E-state index in [4.69, 9.17) is 0 Å². The highest BCUT2D eigenvalue weighted by atomic mass is 19.4. The molecule has 0 saturated carbocycles. The van der Waals surface area contributed by atoms with E-state index in [1.54, 1.807) is 12.1 Å². The Kier molecular flexibility index (Phi) is 3.28. The Bertz CT molecular complexity index is 368. The smallest absolute Gasteiger partial charge is 0.406 e. The van der Waals surface area contributed by atoms with Gasteiger partial charge in [-0.25, -0.2) is 0 Å². The minimum absolute atomic E-state index is 0.159. The van der Waals surface area contributed by atoms with Gasteiger partial charge in [0.15, 0.2) is 0 Å². The Morgan fingerprint density at radius 2 is 1.82 bits per heavy atom.